The quantitative estimate of drug-likeness (QED) is 0.0197. The lowest BCUT2D eigenvalue weighted by atomic mass is 10.1. The highest BCUT2D eigenvalue weighted by molar-refractivity contribution is 7.47. The zero-order valence-corrected chi connectivity index (χ0v) is 54.5. The molecule has 0 aliphatic carbocycles. The normalized spacial score (nSPS) is 13.9. The minimum atomic E-state index is -4.78. The molecule has 2 N–H and O–H groups in total. The van der Waals surface area contributed by atoms with Crippen LogP contribution in [0.3, 0.4) is 0 Å². The molecule has 0 saturated heterocycles. The van der Waals surface area contributed by atoms with Gasteiger partial charge >= 0.3 is 25.7 Å². The number of hydrogen-bond donors (Lipinski definition) is 2. The summed E-state index contributed by atoms with van der Waals surface area (Å²) in [6.07, 6.45) is 80.5. The zero-order valence-electron chi connectivity index (χ0n) is 53.6. The van der Waals surface area contributed by atoms with Gasteiger partial charge in [0.2, 0.25) is 0 Å². The Hall–Kier alpha value is -3.86. The molecule has 0 rings (SSSR count). The van der Waals surface area contributed by atoms with E-state index in [1.807, 2.05) is 12.2 Å². The van der Waals surface area contributed by atoms with Gasteiger partial charge in [-0.05, 0) is 116 Å². The van der Waals surface area contributed by atoms with Crippen molar-refractivity contribution in [3.8, 4) is 0 Å². The van der Waals surface area contributed by atoms with Gasteiger partial charge in [-0.15, -0.1) is 0 Å². The lowest BCUT2D eigenvalue weighted by molar-refractivity contribution is -0.161. The van der Waals surface area contributed by atoms with Gasteiger partial charge in [0.25, 0.3) is 0 Å². The van der Waals surface area contributed by atoms with Gasteiger partial charge < -0.3 is 24.2 Å². The van der Waals surface area contributed by atoms with Crippen molar-refractivity contribution in [1.29, 1.82) is 0 Å². The van der Waals surface area contributed by atoms with Gasteiger partial charge in [0, 0.05) is 19.3 Å². The molecule has 0 aromatic heterocycles. The van der Waals surface area contributed by atoms with E-state index in [0.717, 1.165) is 96.3 Å². The summed E-state index contributed by atoms with van der Waals surface area (Å²) < 4.78 is 39.7. The summed E-state index contributed by atoms with van der Waals surface area (Å²) in [7, 11) is -4.78. The first-order valence-electron chi connectivity index (χ1n) is 33.8. The largest absolute Gasteiger partial charge is 0.472 e. The van der Waals surface area contributed by atoms with Crippen LogP contribution in [0.15, 0.2) is 109 Å². The molecule has 0 aromatic carbocycles. The molecule has 0 radical (unpaired) electrons. The van der Waals surface area contributed by atoms with E-state index in [2.05, 4.69) is 118 Å². The number of hydrogen-bond acceptors (Lipinski definition) is 10. The maximum Gasteiger partial charge on any atom is 0.472 e. The lowest BCUT2D eigenvalue weighted by Crippen LogP contribution is -2.30. The minimum absolute atomic E-state index is 0.0965. The minimum Gasteiger partial charge on any atom is -0.462 e. The number of unbranched alkanes of at least 4 members (excludes halogenated alkanes) is 27. The van der Waals surface area contributed by atoms with Crippen LogP contribution in [0.1, 0.15) is 290 Å². The van der Waals surface area contributed by atoms with Gasteiger partial charge in [0.1, 0.15) is 12.7 Å². The first-order chi connectivity index (χ1) is 41.2. The predicted molar refractivity (Wildman–Crippen MR) is 353 cm³/mol. The molecular weight excluding hydrogens is 1070 g/mol. The molecule has 0 aromatic rings. The van der Waals surface area contributed by atoms with E-state index in [0.29, 0.717) is 19.3 Å². The Labute approximate surface area is 514 Å². The van der Waals surface area contributed by atoms with Gasteiger partial charge in [0.05, 0.1) is 19.8 Å². The van der Waals surface area contributed by atoms with Crippen LogP contribution in [0.2, 0.25) is 0 Å². The third kappa shape index (κ3) is 62.7. The maximum absolute atomic E-state index is 13.0. The summed E-state index contributed by atoms with van der Waals surface area (Å²) in [5.41, 5.74) is 0. The summed E-state index contributed by atoms with van der Waals surface area (Å²) >= 11 is 0. The Morgan fingerprint density at radius 3 is 1.04 bits per heavy atom. The fourth-order valence-corrected chi connectivity index (χ4v) is 9.84. The van der Waals surface area contributed by atoms with Crippen LogP contribution in [0.4, 0.5) is 0 Å². The van der Waals surface area contributed by atoms with E-state index < -0.39 is 57.8 Å². The molecule has 0 saturated carbocycles. The number of carbonyl (C=O) groups excluding carboxylic acids is 3. The highest BCUT2D eigenvalue weighted by atomic mass is 31.2. The van der Waals surface area contributed by atoms with Crippen LogP contribution < -0.4 is 0 Å². The number of aliphatic hydroxyl groups excluding tert-OH is 1. The first kappa shape index (κ1) is 80.1. The van der Waals surface area contributed by atoms with Gasteiger partial charge in [-0.2, -0.15) is 0 Å². The number of phosphoric ester groups is 1. The van der Waals surface area contributed by atoms with Crippen molar-refractivity contribution in [2.24, 2.45) is 0 Å². The van der Waals surface area contributed by atoms with Crippen molar-refractivity contribution >= 4 is 25.7 Å². The van der Waals surface area contributed by atoms with Crippen molar-refractivity contribution in [3.05, 3.63) is 109 Å². The van der Waals surface area contributed by atoms with E-state index in [9.17, 15) is 28.9 Å². The van der Waals surface area contributed by atoms with E-state index >= 15 is 0 Å². The maximum atomic E-state index is 13.0. The molecule has 0 fully saturated rings. The van der Waals surface area contributed by atoms with Crippen LogP contribution >= 0.6 is 7.82 Å². The van der Waals surface area contributed by atoms with Crippen molar-refractivity contribution in [1.82, 2.24) is 0 Å². The van der Waals surface area contributed by atoms with Crippen LogP contribution in [0.5, 0.6) is 0 Å². The standard InChI is InChI=1S/C72H123O11P/c1-4-7-10-13-16-19-22-25-28-31-34-37-40-43-46-49-52-55-58-61-70(74)79-65-69(83-72(76)63-60-57-54-51-48-45-42-39-36-33-30-27-24-21-18-15-12-9-6-3)67-81-84(77,78)80-66-68(64-73)82-71(75)62-59-56-53-50-47-44-41-38-35-32-29-26-23-20-17-14-11-8-5-2/h7,10,16,18-19,21,25-30,34,37,43,46,52,55,68-69,73H,4-6,8-9,11-15,17,20,22-24,31-33,35-36,38-42,44-45,47-51,53-54,56-67H2,1-3H3,(H,77,78)/b10-7-,19-16-,21-18-,28-25-,29-26-,30-27-,37-34-,46-43-,55-52-. The van der Waals surface area contributed by atoms with Gasteiger partial charge in [-0.25, -0.2) is 4.57 Å². The Morgan fingerprint density at radius 1 is 0.345 bits per heavy atom. The van der Waals surface area contributed by atoms with Gasteiger partial charge in [-0.3, -0.25) is 23.4 Å². The SMILES string of the molecule is CC/C=C\C/C=C\C/C=C\C/C=C\C/C=C\C/C=C\CCC(=O)OCC(COP(=O)(O)OCC(CO)OC(=O)CCCCCCCCCCC/C=C\CCCCCCCC)OC(=O)CCCCCCCCCCC/C=C\C/C=C\CCCCC. The fourth-order valence-electron chi connectivity index (χ4n) is 9.06. The molecule has 0 bridgehead atoms. The number of allylic oxidation sites excluding steroid dienone is 18. The van der Waals surface area contributed by atoms with Crippen molar-refractivity contribution < 1.29 is 52.2 Å². The average molecular weight is 1200 g/mol. The highest BCUT2D eigenvalue weighted by Gasteiger charge is 2.28. The van der Waals surface area contributed by atoms with Gasteiger partial charge in [-0.1, -0.05) is 265 Å². The Bertz CT molecular complexity index is 1830. The van der Waals surface area contributed by atoms with Crippen LogP contribution in [0, 0.1) is 0 Å². The molecule has 482 valence electrons. The molecule has 3 atom stereocenters. The number of aliphatic hydroxyl groups is 1. The van der Waals surface area contributed by atoms with E-state index in [1.165, 1.54) is 135 Å². The van der Waals surface area contributed by atoms with Crippen molar-refractivity contribution in [3.63, 3.8) is 0 Å². The zero-order chi connectivity index (χ0) is 61.2. The second-order valence-corrected chi connectivity index (χ2v) is 23.7. The van der Waals surface area contributed by atoms with Crippen molar-refractivity contribution in [2.45, 2.75) is 303 Å². The topological polar surface area (TPSA) is 155 Å². The van der Waals surface area contributed by atoms with E-state index in [-0.39, 0.29) is 25.9 Å². The van der Waals surface area contributed by atoms with Crippen LogP contribution in [-0.2, 0) is 42.2 Å². The monoisotopic (exact) mass is 1190 g/mol. The smallest absolute Gasteiger partial charge is 0.462 e. The third-order valence-electron chi connectivity index (χ3n) is 14.2. The summed E-state index contributed by atoms with van der Waals surface area (Å²) in [5.74, 6) is -1.57. The summed E-state index contributed by atoms with van der Waals surface area (Å²) in [6.45, 7) is 4.45. The highest BCUT2D eigenvalue weighted by Crippen LogP contribution is 2.43. The van der Waals surface area contributed by atoms with E-state index in [4.69, 9.17) is 23.3 Å². The van der Waals surface area contributed by atoms with Gasteiger partial charge in [0.15, 0.2) is 6.10 Å². The van der Waals surface area contributed by atoms with Crippen LogP contribution in [0.25, 0.3) is 0 Å². The summed E-state index contributed by atoms with van der Waals surface area (Å²) in [5, 5.41) is 9.88. The summed E-state index contributed by atoms with van der Waals surface area (Å²) in [4.78, 5) is 48.8. The lowest BCUT2D eigenvalue weighted by Gasteiger charge is -2.21. The average Bonchev–Trinajstić information content (AvgIpc) is 3.55. The number of rotatable bonds is 62. The number of carbonyl (C=O) groups is 3. The third-order valence-corrected chi connectivity index (χ3v) is 15.1. The predicted octanol–water partition coefficient (Wildman–Crippen LogP) is 20.9. The molecular formula is C72H123O11P. The molecule has 0 heterocycles. The second kappa shape index (κ2) is 65.1. The number of phosphoric acid groups is 1. The molecule has 0 amide bonds. The molecule has 0 spiro atoms. The molecule has 12 heteroatoms. The summed E-state index contributed by atoms with van der Waals surface area (Å²) in [6, 6.07) is 0. The number of esters is 3. The molecule has 0 aliphatic heterocycles. The first-order valence-corrected chi connectivity index (χ1v) is 35.3. The molecule has 0 aliphatic rings. The number of ether oxygens (including phenoxy) is 3. The molecule has 11 nitrogen and oxygen atoms in total. The second-order valence-electron chi connectivity index (χ2n) is 22.2. The Kier molecular flexibility index (Phi) is 62.1. The molecule has 84 heavy (non-hydrogen) atoms. The Morgan fingerprint density at radius 2 is 0.643 bits per heavy atom. The fraction of sp³-hybridized carbons (Fsp3) is 0.708. The molecule has 3 unspecified atom stereocenters. The van der Waals surface area contributed by atoms with Crippen LogP contribution in [-0.4, -0.2) is 66.5 Å². The Balaban J connectivity index is 4.78. The van der Waals surface area contributed by atoms with Crippen molar-refractivity contribution in [2.75, 3.05) is 26.4 Å². The van der Waals surface area contributed by atoms with E-state index in [1.54, 1.807) is 0 Å².